The van der Waals surface area contributed by atoms with Crippen LogP contribution in [-0.2, 0) is 11.2 Å². The third kappa shape index (κ3) is 5.38. The van der Waals surface area contributed by atoms with Gasteiger partial charge >= 0.3 is 0 Å². The number of phenolic OH excluding ortho intramolecular Hbond substituents is 1. The van der Waals surface area contributed by atoms with Gasteiger partial charge in [0.15, 0.2) is 0 Å². The van der Waals surface area contributed by atoms with E-state index in [9.17, 15) is 19.1 Å². The van der Waals surface area contributed by atoms with Crippen molar-refractivity contribution in [2.24, 2.45) is 0 Å². The number of hydrogen-bond acceptors (Lipinski definition) is 3. The molecule has 1 heterocycles. The molecule has 0 spiro atoms. The molecule has 4 rings (SSSR count). The smallest absolute Gasteiger partial charge is 0.251 e. The number of carbonyl (C=O) groups excluding carboxylic acids is 2. The molecule has 0 aliphatic heterocycles. The van der Waals surface area contributed by atoms with E-state index in [1.807, 2.05) is 24.3 Å². The van der Waals surface area contributed by atoms with Crippen LogP contribution in [0.4, 0.5) is 4.39 Å². The van der Waals surface area contributed by atoms with Gasteiger partial charge in [-0.1, -0.05) is 18.2 Å². The molecule has 1 aromatic heterocycles. The van der Waals surface area contributed by atoms with Crippen LogP contribution in [0.3, 0.4) is 0 Å². The molecule has 0 saturated carbocycles. The van der Waals surface area contributed by atoms with Crippen LogP contribution in [0.15, 0.2) is 72.8 Å². The summed E-state index contributed by atoms with van der Waals surface area (Å²) >= 11 is 0. The first-order valence-corrected chi connectivity index (χ1v) is 10.7. The van der Waals surface area contributed by atoms with E-state index in [-0.39, 0.29) is 29.8 Å². The molecule has 4 aromatic rings. The Balaban J connectivity index is 1.34. The van der Waals surface area contributed by atoms with Crippen molar-refractivity contribution in [1.82, 2.24) is 15.6 Å². The molecular formula is C26H24FN3O3. The first kappa shape index (κ1) is 22.1. The average Bonchev–Trinajstić information content (AvgIpc) is 3.20. The second-order valence-corrected chi connectivity index (χ2v) is 7.68. The number of halogens is 1. The zero-order chi connectivity index (χ0) is 23.2. The average molecular weight is 445 g/mol. The molecular weight excluding hydrogens is 421 g/mol. The number of amides is 2. The molecule has 0 radical (unpaired) electrons. The molecule has 168 valence electrons. The van der Waals surface area contributed by atoms with E-state index in [1.165, 1.54) is 36.4 Å². The lowest BCUT2D eigenvalue weighted by Crippen LogP contribution is -2.34. The first-order valence-electron chi connectivity index (χ1n) is 10.7. The molecule has 0 atom stereocenters. The topological polar surface area (TPSA) is 94.2 Å². The van der Waals surface area contributed by atoms with Crippen molar-refractivity contribution in [2.75, 3.05) is 13.1 Å². The Bertz CT molecular complexity index is 1260. The lowest BCUT2D eigenvalue weighted by molar-refractivity contribution is -0.121. The number of hydrogen-bond donors (Lipinski definition) is 4. The van der Waals surface area contributed by atoms with Crippen LogP contribution < -0.4 is 10.6 Å². The molecule has 0 saturated heterocycles. The standard InChI is InChI=1S/C26H24FN3O3/c27-19-9-5-17(6-10-19)25-22(21-3-1-2-4-23(21)30-25)13-14-24(32)28-15-16-29-26(33)18-7-11-20(31)12-8-18/h1-12,30-31H,13-16H2,(H,28,32)(H,29,33). The maximum atomic E-state index is 13.4. The molecule has 3 aromatic carbocycles. The van der Waals surface area contributed by atoms with Crippen LogP contribution in [0.5, 0.6) is 5.75 Å². The van der Waals surface area contributed by atoms with E-state index >= 15 is 0 Å². The fourth-order valence-corrected chi connectivity index (χ4v) is 3.74. The molecule has 2 amide bonds. The lowest BCUT2D eigenvalue weighted by atomic mass is 10.0. The predicted octanol–water partition coefficient (Wildman–Crippen LogP) is 4.16. The number of fused-ring (bicyclic) bond motifs is 1. The number of nitrogens with one attached hydrogen (secondary N) is 3. The third-order valence-corrected chi connectivity index (χ3v) is 5.41. The zero-order valence-electron chi connectivity index (χ0n) is 17.9. The van der Waals surface area contributed by atoms with Crippen molar-refractivity contribution in [2.45, 2.75) is 12.8 Å². The third-order valence-electron chi connectivity index (χ3n) is 5.41. The summed E-state index contributed by atoms with van der Waals surface area (Å²) in [6.45, 7) is 0.598. The molecule has 0 fully saturated rings. The van der Waals surface area contributed by atoms with Crippen LogP contribution in [0.2, 0.25) is 0 Å². The highest BCUT2D eigenvalue weighted by Crippen LogP contribution is 2.31. The molecule has 4 N–H and O–H groups in total. The van der Waals surface area contributed by atoms with Gasteiger partial charge in [-0.05, 0) is 72.1 Å². The Morgan fingerprint density at radius 3 is 2.33 bits per heavy atom. The number of H-pyrrole nitrogens is 1. The van der Waals surface area contributed by atoms with Crippen LogP contribution in [0.1, 0.15) is 22.3 Å². The minimum atomic E-state index is -0.298. The van der Waals surface area contributed by atoms with Crippen molar-refractivity contribution in [1.29, 1.82) is 0 Å². The summed E-state index contributed by atoms with van der Waals surface area (Å²) in [7, 11) is 0. The zero-order valence-corrected chi connectivity index (χ0v) is 17.9. The van der Waals surface area contributed by atoms with E-state index in [1.54, 1.807) is 12.1 Å². The highest BCUT2D eigenvalue weighted by atomic mass is 19.1. The summed E-state index contributed by atoms with van der Waals surface area (Å²) in [6, 6.07) is 20.1. The Kier molecular flexibility index (Phi) is 6.69. The molecule has 0 aliphatic carbocycles. The normalized spacial score (nSPS) is 10.8. The summed E-state index contributed by atoms with van der Waals surface area (Å²) in [5.74, 6) is -0.596. The van der Waals surface area contributed by atoms with Crippen molar-refractivity contribution in [3.63, 3.8) is 0 Å². The summed E-state index contributed by atoms with van der Waals surface area (Å²) in [5.41, 5.74) is 4.15. The minimum absolute atomic E-state index is 0.0941. The SMILES string of the molecule is O=C(CCc1c(-c2ccc(F)cc2)[nH]c2ccccc12)NCCNC(=O)c1ccc(O)cc1. The van der Waals surface area contributed by atoms with Crippen LogP contribution in [0, 0.1) is 5.82 Å². The maximum absolute atomic E-state index is 13.4. The largest absolute Gasteiger partial charge is 0.508 e. The number of aryl methyl sites for hydroxylation is 1. The van der Waals surface area contributed by atoms with Gasteiger partial charge in [0, 0.05) is 41.7 Å². The number of para-hydroxylation sites is 1. The monoisotopic (exact) mass is 445 g/mol. The quantitative estimate of drug-likeness (QED) is 0.307. The fourth-order valence-electron chi connectivity index (χ4n) is 3.74. The van der Waals surface area contributed by atoms with Crippen molar-refractivity contribution < 1.29 is 19.1 Å². The van der Waals surface area contributed by atoms with Crippen LogP contribution in [0.25, 0.3) is 22.2 Å². The number of benzene rings is 3. The number of aromatic nitrogens is 1. The first-order chi connectivity index (χ1) is 16.0. The molecule has 33 heavy (non-hydrogen) atoms. The molecule has 0 bridgehead atoms. The Morgan fingerprint density at radius 1 is 0.879 bits per heavy atom. The number of aromatic hydroxyl groups is 1. The molecule has 6 nitrogen and oxygen atoms in total. The Morgan fingerprint density at radius 2 is 1.58 bits per heavy atom. The minimum Gasteiger partial charge on any atom is -0.508 e. The van der Waals surface area contributed by atoms with E-state index in [0.717, 1.165) is 27.7 Å². The number of phenols is 1. The van der Waals surface area contributed by atoms with Gasteiger partial charge in [0.05, 0.1) is 0 Å². The van der Waals surface area contributed by atoms with Gasteiger partial charge < -0.3 is 20.7 Å². The fraction of sp³-hybridized carbons (Fsp3) is 0.154. The van der Waals surface area contributed by atoms with E-state index in [2.05, 4.69) is 15.6 Å². The number of carbonyl (C=O) groups is 2. The van der Waals surface area contributed by atoms with E-state index in [0.29, 0.717) is 25.1 Å². The summed E-state index contributed by atoms with van der Waals surface area (Å²) in [4.78, 5) is 27.9. The highest BCUT2D eigenvalue weighted by molar-refractivity contribution is 5.94. The predicted molar refractivity (Wildman–Crippen MR) is 125 cm³/mol. The van der Waals surface area contributed by atoms with Gasteiger partial charge in [-0.25, -0.2) is 4.39 Å². The Hall–Kier alpha value is -4.13. The van der Waals surface area contributed by atoms with Gasteiger partial charge in [-0.2, -0.15) is 0 Å². The van der Waals surface area contributed by atoms with Crippen LogP contribution >= 0.6 is 0 Å². The van der Waals surface area contributed by atoms with Crippen molar-refractivity contribution in [3.8, 4) is 17.0 Å². The van der Waals surface area contributed by atoms with Crippen molar-refractivity contribution >= 4 is 22.7 Å². The lowest BCUT2D eigenvalue weighted by Gasteiger charge is -2.08. The van der Waals surface area contributed by atoms with Crippen LogP contribution in [-0.4, -0.2) is 35.0 Å². The van der Waals surface area contributed by atoms with E-state index in [4.69, 9.17) is 0 Å². The van der Waals surface area contributed by atoms with Crippen molar-refractivity contribution in [3.05, 3.63) is 89.7 Å². The molecule has 7 heteroatoms. The number of aromatic amines is 1. The second-order valence-electron chi connectivity index (χ2n) is 7.68. The van der Waals surface area contributed by atoms with Gasteiger partial charge in [-0.15, -0.1) is 0 Å². The van der Waals surface area contributed by atoms with Gasteiger partial charge in [0.25, 0.3) is 5.91 Å². The van der Waals surface area contributed by atoms with Gasteiger partial charge in [0.1, 0.15) is 11.6 Å². The summed E-state index contributed by atoms with van der Waals surface area (Å²) < 4.78 is 13.4. The molecule has 0 unspecified atom stereocenters. The van der Waals surface area contributed by atoms with Gasteiger partial charge in [0.2, 0.25) is 5.91 Å². The van der Waals surface area contributed by atoms with E-state index < -0.39 is 0 Å². The number of rotatable bonds is 8. The maximum Gasteiger partial charge on any atom is 0.251 e. The Labute approximate surface area is 190 Å². The molecule has 0 aliphatic rings. The summed E-state index contributed by atoms with van der Waals surface area (Å²) in [6.07, 6.45) is 0.796. The van der Waals surface area contributed by atoms with Gasteiger partial charge in [-0.3, -0.25) is 9.59 Å². The summed E-state index contributed by atoms with van der Waals surface area (Å²) in [5, 5.41) is 15.9. The second kappa shape index (κ2) is 9.99. The highest BCUT2D eigenvalue weighted by Gasteiger charge is 2.14.